The highest BCUT2D eigenvalue weighted by atomic mass is 16.6. The summed E-state index contributed by atoms with van der Waals surface area (Å²) in [6.45, 7) is 9.04. The largest absolute Gasteiger partial charge is 0.482 e. The van der Waals surface area contributed by atoms with Crippen LogP contribution >= 0.6 is 0 Å². The normalized spacial score (nSPS) is 12.0. The van der Waals surface area contributed by atoms with Crippen LogP contribution in [-0.2, 0) is 14.3 Å². The minimum Gasteiger partial charge on any atom is -0.482 e. The van der Waals surface area contributed by atoms with Crippen molar-refractivity contribution in [2.45, 2.75) is 46.6 Å². The SMILES string of the molecule is Cc1ccc(C(C)C)cc1OCC(=O)O[C@@H](C(=O)NC(N)=O)C(C)C. The number of urea groups is 1. The Bertz CT molecular complexity index is 640. The number of carbonyl (C=O) groups is 3. The van der Waals surface area contributed by atoms with Gasteiger partial charge in [0, 0.05) is 0 Å². The lowest BCUT2D eigenvalue weighted by atomic mass is 10.0. The number of benzene rings is 1. The monoisotopic (exact) mass is 350 g/mol. The number of ether oxygens (including phenoxy) is 2. The van der Waals surface area contributed by atoms with E-state index in [-0.39, 0.29) is 12.5 Å². The van der Waals surface area contributed by atoms with E-state index in [2.05, 4.69) is 13.8 Å². The minimum absolute atomic E-state index is 0.325. The molecule has 1 rings (SSSR count). The van der Waals surface area contributed by atoms with E-state index in [1.54, 1.807) is 13.8 Å². The van der Waals surface area contributed by atoms with Crippen LogP contribution in [0.5, 0.6) is 5.75 Å². The lowest BCUT2D eigenvalue weighted by Crippen LogP contribution is -2.46. The summed E-state index contributed by atoms with van der Waals surface area (Å²) in [5.74, 6) is -0.862. The predicted molar refractivity (Wildman–Crippen MR) is 93.2 cm³/mol. The van der Waals surface area contributed by atoms with Crippen molar-refractivity contribution in [3.8, 4) is 5.75 Å². The van der Waals surface area contributed by atoms with Crippen LogP contribution in [0.3, 0.4) is 0 Å². The summed E-state index contributed by atoms with van der Waals surface area (Å²) in [7, 11) is 0. The van der Waals surface area contributed by atoms with Gasteiger partial charge in [-0.05, 0) is 36.0 Å². The van der Waals surface area contributed by atoms with E-state index in [1.807, 2.05) is 30.4 Å². The van der Waals surface area contributed by atoms with Gasteiger partial charge in [-0.15, -0.1) is 0 Å². The number of nitrogens with one attached hydrogen (secondary N) is 1. The first-order chi connectivity index (χ1) is 11.6. The van der Waals surface area contributed by atoms with E-state index < -0.39 is 24.0 Å². The zero-order chi connectivity index (χ0) is 19.1. The van der Waals surface area contributed by atoms with Gasteiger partial charge >= 0.3 is 12.0 Å². The third-order valence-corrected chi connectivity index (χ3v) is 3.59. The summed E-state index contributed by atoms with van der Waals surface area (Å²) in [5.41, 5.74) is 6.90. The van der Waals surface area contributed by atoms with Crippen LogP contribution in [0.1, 0.15) is 44.7 Å². The van der Waals surface area contributed by atoms with Crippen LogP contribution in [0.25, 0.3) is 0 Å². The molecule has 0 aliphatic rings. The highest BCUT2D eigenvalue weighted by Gasteiger charge is 2.27. The first-order valence-corrected chi connectivity index (χ1v) is 8.15. The standard InChI is InChI=1S/C18H26N2O5/c1-10(2)13-7-6-12(5)14(8-13)24-9-15(21)25-16(11(3)4)17(22)20-18(19)23/h6-8,10-11,16H,9H2,1-5H3,(H3,19,20,22,23)/t16-/m1/s1. The summed E-state index contributed by atoms with van der Waals surface area (Å²) in [6, 6.07) is 4.82. The Labute approximate surface area is 147 Å². The maximum atomic E-state index is 12.0. The van der Waals surface area contributed by atoms with Crippen molar-refractivity contribution in [3.05, 3.63) is 29.3 Å². The van der Waals surface area contributed by atoms with Gasteiger partial charge in [0.25, 0.3) is 5.91 Å². The van der Waals surface area contributed by atoms with E-state index in [9.17, 15) is 14.4 Å². The van der Waals surface area contributed by atoms with Gasteiger partial charge in [-0.3, -0.25) is 10.1 Å². The van der Waals surface area contributed by atoms with E-state index in [0.717, 1.165) is 11.1 Å². The summed E-state index contributed by atoms with van der Waals surface area (Å²) in [4.78, 5) is 34.6. The molecule has 0 saturated carbocycles. The molecule has 1 atom stereocenters. The molecule has 1 aromatic carbocycles. The molecule has 1 aromatic rings. The van der Waals surface area contributed by atoms with Gasteiger partial charge in [0.05, 0.1) is 0 Å². The fraction of sp³-hybridized carbons (Fsp3) is 0.500. The Kier molecular flexibility index (Phi) is 7.42. The summed E-state index contributed by atoms with van der Waals surface area (Å²) in [5, 5.41) is 1.91. The molecule has 0 aliphatic carbocycles. The predicted octanol–water partition coefficient (Wildman–Crippen LogP) is 2.26. The maximum Gasteiger partial charge on any atom is 0.344 e. The van der Waals surface area contributed by atoms with E-state index in [0.29, 0.717) is 11.7 Å². The van der Waals surface area contributed by atoms with Crippen LogP contribution in [0.2, 0.25) is 0 Å². The molecule has 0 unspecified atom stereocenters. The van der Waals surface area contributed by atoms with Crippen molar-refractivity contribution >= 4 is 17.9 Å². The molecule has 138 valence electrons. The van der Waals surface area contributed by atoms with Crippen LogP contribution < -0.4 is 15.8 Å². The second-order valence-electron chi connectivity index (χ2n) is 6.48. The van der Waals surface area contributed by atoms with Gasteiger partial charge in [-0.2, -0.15) is 0 Å². The molecule has 7 nitrogen and oxygen atoms in total. The third-order valence-electron chi connectivity index (χ3n) is 3.59. The second kappa shape index (κ2) is 9.05. The van der Waals surface area contributed by atoms with Gasteiger partial charge < -0.3 is 15.2 Å². The van der Waals surface area contributed by atoms with Crippen LogP contribution in [0.4, 0.5) is 4.79 Å². The van der Waals surface area contributed by atoms with Crippen molar-refractivity contribution in [1.29, 1.82) is 0 Å². The number of carbonyl (C=O) groups excluding carboxylic acids is 3. The van der Waals surface area contributed by atoms with Gasteiger partial charge in [0.2, 0.25) is 0 Å². The van der Waals surface area contributed by atoms with Gasteiger partial charge in [-0.25, -0.2) is 9.59 Å². The Morgan fingerprint density at radius 2 is 1.80 bits per heavy atom. The molecule has 0 fully saturated rings. The van der Waals surface area contributed by atoms with Crippen molar-refractivity contribution < 1.29 is 23.9 Å². The fourth-order valence-corrected chi connectivity index (χ4v) is 2.13. The molecular weight excluding hydrogens is 324 g/mol. The average molecular weight is 350 g/mol. The zero-order valence-corrected chi connectivity index (χ0v) is 15.3. The minimum atomic E-state index is -1.12. The molecular formula is C18H26N2O5. The number of rotatable bonds is 7. The van der Waals surface area contributed by atoms with Gasteiger partial charge in [-0.1, -0.05) is 39.8 Å². The molecule has 0 aliphatic heterocycles. The van der Waals surface area contributed by atoms with Crippen LogP contribution in [0, 0.1) is 12.8 Å². The Morgan fingerprint density at radius 1 is 1.16 bits per heavy atom. The number of primary amides is 1. The van der Waals surface area contributed by atoms with Crippen LogP contribution in [0.15, 0.2) is 18.2 Å². The smallest absolute Gasteiger partial charge is 0.344 e. The van der Waals surface area contributed by atoms with Crippen LogP contribution in [-0.4, -0.2) is 30.6 Å². The molecule has 7 heteroatoms. The number of imide groups is 1. The molecule has 0 heterocycles. The average Bonchev–Trinajstić information content (AvgIpc) is 2.50. The highest BCUT2D eigenvalue weighted by Crippen LogP contribution is 2.24. The highest BCUT2D eigenvalue weighted by molar-refractivity contribution is 5.96. The molecule has 0 bridgehead atoms. The van der Waals surface area contributed by atoms with Crippen molar-refractivity contribution in [2.75, 3.05) is 6.61 Å². The molecule has 3 amide bonds. The molecule has 0 radical (unpaired) electrons. The first kappa shape index (κ1) is 20.5. The number of hydrogen-bond donors (Lipinski definition) is 2. The maximum absolute atomic E-state index is 12.0. The lowest BCUT2D eigenvalue weighted by Gasteiger charge is -2.20. The molecule has 3 N–H and O–H groups in total. The number of aryl methyl sites for hydroxylation is 1. The Morgan fingerprint density at radius 3 is 2.32 bits per heavy atom. The number of nitrogens with two attached hydrogens (primary N) is 1. The van der Waals surface area contributed by atoms with E-state index >= 15 is 0 Å². The third kappa shape index (κ3) is 6.45. The summed E-state index contributed by atoms with van der Waals surface area (Å²) >= 11 is 0. The fourth-order valence-electron chi connectivity index (χ4n) is 2.13. The molecule has 0 aromatic heterocycles. The Balaban J connectivity index is 2.71. The molecule has 0 saturated heterocycles. The molecule has 0 spiro atoms. The van der Waals surface area contributed by atoms with Gasteiger partial charge in [0.1, 0.15) is 5.75 Å². The van der Waals surface area contributed by atoms with Crippen molar-refractivity contribution in [2.24, 2.45) is 11.7 Å². The quantitative estimate of drug-likeness (QED) is 0.733. The van der Waals surface area contributed by atoms with E-state index in [4.69, 9.17) is 15.2 Å². The van der Waals surface area contributed by atoms with E-state index in [1.165, 1.54) is 0 Å². The molecule has 25 heavy (non-hydrogen) atoms. The second-order valence-corrected chi connectivity index (χ2v) is 6.48. The summed E-state index contributed by atoms with van der Waals surface area (Å²) < 4.78 is 10.7. The summed E-state index contributed by atoms with van der Waals surface area (Å²) in [6.07, 6.45) is -1.12. The Hall–Kier alpha value is -2.57. The number of esters is 1. The zero-order valence-electron chi connectivity index (χ0n) is 15.3. The number of hydrogen-bond acceptors (Lipinski definition) is 5. The topological polar surface area (TPSA) is 108 Å². The van der Waals surface area contributed by atoms with Crippen molar-refractivity contribution in [1.82, 2.24) is 5.32 Å². The van der Waals surface area contributed by atoms with Gasteiger partial charge in [0.15, 0.2) is 12.7 Å². The lowest BCUT2D eigenvalue weighted by molar-refractivity contribution is -0.160. The number of amides is 3. The van der Waals surface area contributed by atoms with Crippen molar-refractivity contribution in [3.63, 3.8) is 0 Å². The first-order valence-electron chi connectivity index (χ1n) is 8.15.